The van der Waals surface area contributed by atoms with Gasteiger partial charge in [0.2, 0.25) is 5.91 Å². The first-order chi connectivity index (χ1) is 8.63. The summed E-state index contributed by atoms with van der Waals surface area (Å²) in [7, 11) is 0. The van der Waals surface area contributed by atoms with E-state index in [1.165, 1.54) is 0 Å². The molecule has 3 nitrogen and oxygen atoms in total. The number of carbonyl (C=O) groups is 1. The van der Waals surface area contributed by atoms with Crippen LogP contribution in [0.25, 0.3) is 0 Å². The standard InChI is InChI=1S/C13H18ClIN2O/c14-11-9-10(15)6-7-12(11)17-13(18)5-3-1-2-4-8-16/h6-7,9H,1-5,8,16H2,(H,17,18). The van der Waals surface area contributed by atoms with E-state index < -0.39 is 0 Å². The van der Waals surface area contributed by atoms with Crippen molar-refractivity contribution in [1.29, 1.82) is 0 Å². The van der Waals surface area contributed by atoms with Gasteiger partial charge < -0.3 is 11.1 Å². The minimum atomic E-state index is 0.0193. The van der Waals surface area contributed by atoms with Crippen LogP contribution < -0.4 is 11.1 Å². The number of carbonyl (C=O) groups excluding carboxylic acids is 1. The van der Waals surface area contributed by atoms with Crippen molar-refractivity contribution in [2.75, 3.05) is 11.9 Å². The van der Waals surface area contributed by atoms with Gasteiger partial charge in [0.15, 0.2) is 0 Å². The van der Waals surface area contributed by atoms with Crippen LogP contribution >= 0.6 is 34.2 Å². The first-order valence-corrected chi connectivity index (χ1v) is 7.54. The monoisotopic (exact) mass is 380 g/mol. The van der Waals surface area contributed by atoms with Gasteiger partial charge in [-0.2, -0.15) is 0 Å². The van der Waals surface area contributed by atoms with Crippen LogP contribution in [0.15, 0.2) is 18.2 Å². The zero-order chi connectivity index (χ0) is 13.4. The van der Waals surface area contributed by atoms with Crippen LogP contribution in [0.1, 0.15) is 32.1 Å². The second kappa shape index (κ2) is 8.72. The molecule has 0 heterocycles. The molecule has 18 heavy (non-hydrogen) atoms. The predicted molar refractivity (Wildman–Crippen MR) is 84.9 cm³/mol. The molecule has 0 unspecified atom stereocenters. The van der Waals surface area contributed by atoms with Gasteiger partial charge in [-0.1, -0.05) is 24.4 Å². The van der Waals surface area contributed by atoms with E-state index in [0.717, 1.165) is 35.8 Å². The van der Waals surface area contributed by atoms with Crippen molar-refractivity contribution >= 4 is 45.8 Å². The van der Waals surface area contributed by atoms with Gasteiger partial charge in [-0.05, 0) is 60.2 Å². The van der Waals surface area contributed by atoms with Gasteiger partial charge >= 0.3 is 0 Å². The SMILES string of the molecule is NCCCCCCC(=O)Nc1ccc(I)cc1Cl. The number of halogens is 2. The minimum Gasteiger partial charge on any atom is -0.330 e. The first-order valence-electron chi connectivity index (χ1n) is 6.08. The number of nitrogens with two attached hydrogens (primary N) is 1. The Morgan fingerprint density at radius 1 is 1.28 bits per heavy atom. The maximum Gasteiger partial charge on any atom is 0.224 e. The molecule has 0 saturated carbocycles. The Morgan fingerprint density at radius 3 is 2.67 bits per heavy atom. The normalized spacial score (nSPS) is 10.4. The van der Waals surface area contributed by atoms with Crippen LogP contribution in [-0.4, -0.2) is 12.5 Å². The van der Waals surface area contributed by atoms with Gasteiger partial charge in [0.05, 0.1) is 10.7 Å². The van der Waals surface area contributed by atoms with E-state index in [-0.39, 0.29) is 5.91 Å². The number of hydrogen-bond donors (Lipinski definition) is 2. The van der Waals surface area contributed by atoms with Crippen LogP contribution in [0.2, 0.25) is 5.02 Å². The lowest BCUT2D eigenvalue weighted by molar-refractivity contribution is -0.116. The zero-order valence-corrected chi connectivity index (χ0v) is 13.1. The third-order valence-corrected chi connectivity index (χ3v) is 3.55. The van der Waals surface area contributed by atoms with Crippen LogP contribution in [0.5, 0.6) is 0 Å². The number of unbranched alkanes of at least 4 members (excludes halogenated alkanes) is 3. The predicted octanol–water partition coefficient (Wildman–Crippen LogP) is 3.79. The third kappa shape index (κ3) is 6.02. The Kier molecular flexibility index (Phi) is 7.62. The lowest BCUT2D eigenvalue weighted by atomic mass is 10.1. The molecule has 0 saturated heterocycles. The molecule has 1 amide bonds. The largest absolute Gasteiger partial charge is 0.330 e. The van der Waals surface area contributed by atoms with Gasteiger partial charge in [0, 0.05) is 9.99 Å². The molecule has 1 rings (SSSR count). The number of nitrogens with one attached hydrogen (secondary N) is 1. The average molecular weight is 381 g/mol. The fourth-order valence-corrected chi connectivity index (χ4v) is 2.49. The Labute approximate surface area is 127 Å². The quantitative estimate of drug-likeness (QED) is 0.558. The van der Waals surface area contributed by atoms with Crippen molar-refractivity contribution < 1.29 is 4.79 Å². The smallest absolute Gasteiger partial charge is 0.224 e. The zero-order valence-electron chi connectivity index (χ0n) is 10.2. The molecule has 0 aliphatic rings. The summed E-state index contributed by atoms with van der Waals surface area (Å²) in [5, 5.41) is 3.41. The van der Waals surface area contributed by atoms with Crippen molar-refractivity contribution in [2.45, 2.75) is 32.1 Å². The lowest BCUT2D eigenvalue weighted by Crippen LogP contribution is -2.11. The Morgan fingerprint density at radius 2 is 2.00 bits per heavy atom. The summed E-state index contributed by atoms with van der Waals surface area (Å²) < 4.78 is 1.05. The second-order valence-corrected chi connectivity index (χ2v) is 5.78. The molecule has 1 aromatic carbocycles. The van der Waals surface area contributed by atoms with E-state index >= 15 is 0 Å². The molecule has 0 aromatic heterocycles. The number of hydrogen-bond acceptors (Lipinski definition) is 2. The summed E-state index contributed by atoms with van der Waals surface area (Å²) in [4.78, 5) is 11.7. The lowest BCUT2D eigenvalue weighted by Gasteiger charge is -2.07. The van der Waals surface area contributed by atoms with E-state index in [1.807, 2.05) is 18.2 Å². The minimum absolute atomic E-state index is 0.0193. The number of benzene rings is 1. The van der Waals surface area contributed by atoms with Crippen molar-refractivity contribution in [1.82, 2.24) is 0 Å². The highest BCUT2D eigenvalue weighted by atomic mass is 127. The second-order valence-electron chi connectivity index (χ2n) is 4.13. The van der Waals surface area contributed by atoms with Crippen LogP contribution in [0, 0.1) is 3.57 Å². The molecule has 0 aliphatic carbocycles. The summed E-state index contributed by atoms with van der Waals surface area (Å²) in [6.07, 6.45) is 4.60. The van der Waals surface area contributed by atoms with E-state index in [1.54, 1.807) is 0 Å². The van der Waals surface area contributed by atoms with Crippen molar-refractivity contribution in [3.8, 4) is 0 Å². The number of anilines is 1. The van der Waals surface area contributed by atoms with Crippen LogP contribution in [0.3, 0.4) is 0 Å². The van der Waals surface area contributed by atoms with Crippen molar-refractivity contribution in [3.05, 3.63) is 26.8 Å². The summed E-state index contributed by atoms with van der Waals surface area (Å²) in [5.74, 6) is 0.0193. The van der Waals surface area contributed by atoms with Gasteiger partial charge in [-0.25, -0.2) is 0 Å². The molecular weight excluding hydrogens is 363 g/mol. The summed E-state index contributed by atoms with van der Waals surface area (Å²) in [6, 6.07) is 5.58. The fourth-order valence-electron chi connectivity index (χ4n) is 1.59. The maximum absolute atomic E-state index is 11.7. The van der Waals surface area contributed by atoms with Gasteiger partial charge in [-0.3, -0.25) is 4.79 Å². The van der Waals surface area contributed by atoms with Crippen LogP contribution in [0.4, 0.5) is 5.69 Å². The van der Waals surface area contributed by atoms with Crippen LogP contribution in [-0.2, 0) is 4.79 Å². The van der Waals surface area contributed by atoms with E-state index in [2.05, 4.69) is 27.9 Å². The molecule has 0 atom stereocenters. The van der Waals surface area contributed by atoms with Crippen molar-refractivity contribution in [2.24, 2.45) is 5.73 Å². The molecule has 0 fully saturated rings. The molecule has 5 heteroatoms. The molecule has 0 radical (unpaired) electrons. The highest BCUT2D eigenvalue weighted by Gasteiger charge is 2.05. The molecule has 3 N–H and O–H groups in total. The topological polar surface area (TPSA) is 55.1 Å². The molecule has 0 spiro atoms. The third-order valence-electron chi connectivity index (χ3n) is 2.56. The molecular formula is C13H18ClIN2O. The Hall–Kier alpha value is -0.330. The van der Waals surface area contributed by atoms with Gasteiger partial charge in [-0.15, -0.1) is 0 Å². The molecule has 1 aromatic rings. The highest BCUT2D eigenvalue weighted by Crippen LogP contribution is 2.24. The fraction of sp³-hybridized carbons (Fsp3) is 0.462. The first kappa shape index (κ1) is 15.7. The van der Waals surface area contributed by atoms with Gasteiger partial charge in [0.25, 0.3) is 0 Å². The summed E-state index contributed by atoms with van der Waals surface area (Å²) >= 11 is 8.23. The maximum atomic E-state index is 11.7. The van der Waals surface area contributed by atoms with Crippen molar-refractivity contribution in [3.63, 3.8) is 0 Å². The summed E-state index contributed by atoms with van der Waals surface area (Å²) in [6.45, 7) is 0.727. The Balaban J connectivity index is 2.31. The Bertz CT molecular complexity index is 399. The van der Waals surface area contributed by atoms with E-state index in [9.17, 15) is 4.79 Å². The molecule has 0 aliphatic heterocycles. The molecule has 0 bridgehead atoms. The number of rotatable bonds is 7. The summed E-state index contributed by atoms with van der Waals surface area (Å²) in [5.41, 5.74) is 6.09. The molecule has 100 valence electrons. The average Bonchev–Trinajstić information content (AvgIpc) is 2.32. The van der Waals surface area contributed by atoms with Gasteiger partial charge in [0.1, 0.15) is 0 Å². The number of amides is 1. The highest BCUT2D eigenvalue weighted by molar-refractivity contribution is 14.1. The van der Waals surface area contributed by atoms with E-state index in [0.29, 0.717) is 17.1 Å². The van der Waals surface area contributed by atoms with E-state index in [4.69, 9.17) is 17.3 Å².